The van der Waals surface area contributed by atoms with Crippen LogP contribution in [0.5, 0.6) is 0 Å². The van der Waals surface area contributed by atoms with Crippen molar-refractivity contribution in [2.75, 3.05) is 26.2 Å². The van der Waals surface area contributed by atoms with Gasteiger partial charge >= 0.3 is 6.09 Å². The van der Waals surface area contributed by atoms with E-state index in [1.54, 1.807) is 4.90 Å². The van der Waals surface area contributed by atoms with Crippen LogP contribution in [-0.4, -0.2) is 63.9 Å². The minimum absolute atomic E-state index is 0.0485. The number of carbonyl (C=O) groups excluding carboxylic acids is 2. The van der Waals surface area contributed by atoms with E-state index in [0.717, 1.165) is 50.5 Å². The predicted octanol–water partition coefficient (Wildman–Crippen LogP) is 0.566. The topological polar surface area (TPSA) is 79.7 Å². The van der Waals surface area contributed by atoms with Crippen molar-refractivity contribution >= 4 is 12.0 Å². The van der Waals surface area contributed by atoms with E-state index in [1.165, 1.54) is 6.92 Å². The van der Waals surface area contributed by atoms with Crippen LogP contribution >= 0.6 is 0 Å². The van der Waals surface area contributed by atoms with Crippen LogP contribution in [0.15, 0.2) is 6.07 Å². The quantitative estimate of drug-likeness (QED) is 0.870. The smallest absolute Gasteiger partial charge is 0.409 e. The third kappa shape index (κ3) is 3.69. The zero-order chi connectivity index (χ0) is 17.1. The summed E-state index contributed by atoms with van der Waals surface area (Å²) in [7, 11) is 0. The molecule has 0 bridgehead atoms. The monoisotopic (exact) mass is 335 g/mol. The highest BCUT2D eigenvalue weighted by atomic mass is 16.6. The number of carbonyl (C=O) groups is 2. The summed E-state index contributed by atoms with van der Waals surface area (Å²) in [6.07, 6.45) is 0.769. The lowest BCUT2D eigenvalue weighted by Gasteiger charge is -2.32. The lowest BCUT2D eigenvalue weighted by molar-refractivity contribution is -0.119. The van der Waals surface area contributed by atoms with Gasteiger partial charge in [-0.2, -0.15) is 5.10 Å². The molecule has 3 rings (SSSR count). The fourth-order valence-corrected chi connectivity index (χ4v) is 3.38. The Bertz CT molecular complexity index is 615. The molecule has 1 aromatic rings. The molecule has 0 aliphatic carbocycles. The molecule has 1 N–H and O–H groups in total. The second kappa shape index (κ2) is 7.21. The van der Waals surface area contributed by atoms with Gasteiger partial charge in [0.1, 0.15) is 0 Å². The Morgan fingerprint density at radius 2 is 2.21 bits per heavy atom. The van der Waals surface area contributed by atoms with Crippen molar-refractivity contribution in [1.29, 1.82) is 0 Å². The summed E-state index contributed by atoms with van der Waals surface area (Å²) in [6, 6.07) is 2.43. The molecule has 24 heavy (non-hydrogen) atoms. The van der Waals surface area contributed by atoms with Gasteiger partial charge < -0.3 is 15.0 Å². The molecule has 1 aromatic heterocycles. The first-order chi connectivity index (χ1) is 11.6. The molecule has 0 unspecified atom stereocenters. The zero-order valence-electron chi connectivity index (χ0n) is 14.3. The third-order valence-electron chi connectivity index (χ3n) is 4.60. The molecule has 0 radical (unpaired) electrons. The molecule has 1 atom stereocenters. The molecule has 0 saturated carbocycles. The van der Waals surface area contributed by atoms with Gasteiger partial charge in [0.25, 0.3) is 0 Å². The molecule has 132 valence electrons. The Morgan fingerprint density at radius 1 is 1.38 bits per heavy atom. The predicted molar refractivity (Wildman–Crippen MR) is 87.2 cm³/mol. The molecule has 1 saturated heterocycles. The van der Waals surface area contributed by atoms with E-state index >= 15 is 0 Å². The Morgan fingerprint density at radius 3 is 2.96 bits per heavy atom. The maximum Gasteiger partial charge on any atom is 0.409 e. The van der Waals surface area contributed by atoms with Crippen LogP contribution in [0.3, 0.4) is 0 Å². The van der Waals surface area contributed by atoms with Crippen LogP contribution in [0.4, 0.5) is 4.79 Å². The van der Waals surface area contributed by atoms with Crippen LogP contribution in [-0.2, 0) is 29.2 Å². The van der Waals surface area contributed by atoms with Gasteiger partial charge in [-0.25, -0.2) is 4.79 Å². The molecule has 8 nitrogen and oxygen atoms in total. The van der Waals surface area contributed by atoms with Gasteiger partial charge in [-0.3, -0.25) is 14.4 Å². The number of nitrogens with zero attached hydrogens (tertiary/aromatic N) is 4. The third-order valence-corrected chi connectivity index (χ3v) is 4.60. The summed E-state index contributed by atoms with van der Waals surface area (Å²) in [6.45, 7) is 8.30. The largest absolute Gasteiger partial charge is 0.450 e. The van der Waals surface area contributed by atoms with Crippen LogP contribution in [0.2, 0.25) is 0 Å². The number of likely N-dealkylation sites (tertiary alicyclic amines) is 1. The maximum absolute atomic E-state index is 11.8. The van der Waals surface area contributed by atoms with E-state index in [1.807, 2.05) is 11.6 Å². The van der Waals surface area contributed by atoms with Gasteiger partial charge in [-0.1, -0.05) is 0 Å². The highest BCUT2D eigenvalue weighted by Crippen LogP contribution is 2.22. The van der Waals surface area contributed by atoms with Crippen LogP contribution in [0.1, 0.15) is 31.7 Å². The van der Waals surface area contributed by atoms with E-state index in [0.29, 0.717) is 19.2 Å². The summed E-state index contributed by atoms with van der Waals surface area (Å²) in [5, 5.41) is 7.32. The standard InChI is InChI=1S/C16H25N5O3/c1-3-24-16(23)20-5-4-14(10-20)19-6-7-21-15(11-19)8-13(18-21)9-17-12(2)22/h8,14H,3-7,9-11H2,1-2H3,(H,17,22)/t14-/m0/s1. The molecule has 2 aliphatic heterocycles. The number of rotatable bonds is 4. The van der Waals surface area contributed by atoms with Gasteiger partial charge in [0.15, 0.2) is 0 Å². The fraction of sp³-hybridized carbons (Fsp3) is 0.688. The first-order valence-electron chi connectivity index (χ1n) is 8.52. The highest BCUT2D eigenvalue weighted by molar-refractivity contribution is 5.72. The Hall–Kier alpha value is -2.09. The van der Waals surface area contributed by atoms with Crippen molar-refractivity contribution in [1.82, 2.24) is 24.9 Å². The number of hydrogen-bond donors (Lipinski definition) is 1. The molecule has 0 spiro atoms. The number of amides is 2. The van der Waals surface area contributed by atoms with Crippen LogP contribution in [0, 0.1) is 0 Å². The molecule has 2 amide bonds. The number of ether oxygens (including phenoxy) is 1. The first kappa shape index (κ1) is 16.8. The second-order valence-electron chi connectivity index (χ2n) is 6.32. The van der Waals surface area contributed by atoms with Gasteiger partial charge in [-0.15, -0.1) is 0 Å². The van der Waals surface area contributed by atoms with Crippen molar-refractivity contribution in [3.63, 3.8) is 0 Å². The molecule has 0 aromatic carbocycles. The molecular weight excluding hydrogens is 310 g/mol. The molecule has 3 heterocycles. The summed E-state index contributed by atoms with van der Waals surface area (Å²) < 4.78 is 7.11. The zero-order valence-corrected chi connectivity index (χ0v) is 14.3. The number of fused-ring (bicyclic) bond motifs is 1. The van der Waals surface area contributed by atoms with E-state index in [2.05, 4.69) is 21.4 Å². The lowest BCUT2D eigenvalue weighted by atomic mass is 10.2. The van der Waals surface area contributed by atoms with Crippen molar-refractivity contribution in [3.8, 4) is 0 Å². The summed E-state index contributed by atoms with van der Waals surface area (Å²) in [5.41, 5.74) is 2.05. The minimum atomic E-state index is -0.209. The molecule has 1 fully saturated rings. The van der Waals surface area contributed by atoms with Crippen LogP contribution < -0.4 is 5.32 Å². The van der Waals surface area contributed by atoms with Crippen molar-refractivity contribution in [2.24, 2.45) is 0 Å². The number of hydrogen-bond acceptors (Lipinski definition) is 5. The Labute approximate surface area is 141 Å². The van der Waals surface area contributed by atoms with Gasteiger partial charge in [0.05, 0.1) is 31.1 Å². The average Bonchev–Trinajstić information content (AvgIpc) is 3.19. The summed E-state index contributed by atoms with van der Waals surface area (Å²) in [4.78, 5) is 27.1. The fourth-order valence-electron chi connectivity index (χ4n) is 3.38. The number of aromatic nitrogens is 2. The van der Waals surface area contributed by atoms with E-state index < -0.39 is 0 Å². The lowest BCUT2D eigenvalue weighted by Crippen LogP contribution is -2.43. The Balaban J connectivity index is 1.57. The van der Waals surface area contributed by atoms with E-state index in [9.17, 15) is 9.59 Å². The Kier molecular flexibility index (Phi) is 5.03. The highest BCUT2D eigenvalue weighted by Gasteiger charge is 2.33. The maximum atomic E-state index is 11.8. The first-order valence-corrected chi connectivity index (χ1v) is 8.52. The minimum Gasteiger partial charge on any atom is -0.450 e. The molecule has 8 heteroatoms. The number of nitrogens with one attached hydrogen (secondary N) is 1. The SMILES string of the molecule is CCOC(=O)N1CC[C@H](N2CCn3nc(CNC(C)=O)cc3C2)C1. The summed E-state index contributed by atoms with van der Waals surface area (Å²) in [5.74, 6) is -0.0485. The average molecular weight is 335 g/mol. The molecule has 2 aliphatic rings. The van der Waals surface area contributed by atoms with E-state index in [4.69, 9.17) is 4.74 Å². The van der Waals surface area contributed by atoms with Crippen molar-refractivity contribution in [2.45, 2.75) is 45.9 Å². The van der Waals surface area contributed by atoms with Crippen molar-refractivity contribution < 1.29 is 14.3 Å². The van der Waals surface area contributed by atoms with Gasteiger partial charge in [0.2, 0.25) is 5.91 Å². The van der Waals surface area contributed by atoms with Crippen LogP contribution in [0.25, 0.3) is 0 Å². The normalized spacial score (nSPS) is 20.8. The van der Waals surface area contributed by atoms with E-state index in [-0.39, 0.29) is 12.0 Å². The second-order valence-corrected chi connectivity index (χ2v) is 6.32. The summed E-state index contributed by atoms with van der Waals surface area (Å²) >= 11 is 0. The molecular formula is C16H25N5O3. The van der Waals surface area contributed by atoms with Crippen molar-refractivity contribution in [3.05, 3.63) is 17.5 Å². The van der Waals surface area contributed by atoms with Gasteiger partial charge in [-0.05, 0) is 19.4 Å². The van der Waals surface area contributed by atoms with Gasteiger partial charge in [0, 0.05) is 39.1 Å².